The third-order valence-corrected chi connectivity index (χ3v) is 2.93. The standard InChI is InChI=1S/C18H21N/c1-5-9-16-10-12-17(13-11-16)18(8-4)19(14-6-2)15-7-3/h4-7,10-13,18H,1-3,9,14-15H2. The second kappa shape index (κ2) is 8.13. The second-order valence-electron chi connectivity index (χ2n) is 4.33. The summed E-state index contributed by atoms with van der Waals surface area (Å²) in [5.41, 5.74) is 2.37. The highest BCUT2D eigenvalue weighted by Crippen LogP contribution is 2.20. The number of benzene rings is 1. The quantitative estimate of drug-likeness (QED) is 0.502. The van der Waals surface area contributed by atoms with Gasteiger partial charge in [-0.15, -0.1) is 26.2 Å². The van der Waals surface area contributed by atoms with Crippen molar-refractivity contribution in [1.29, 1.82) is 0 Å². The Bertz CT molecular complexity index is 451. The van der Waals surface area contributed by atoms with E-state index >= 15 is 0 Å². The SMILES string of the molecule is C#CC(c1ccc(CC=C)cc1)N(CC=C)CC=C. The smallest absolute Gasteiger partial charge is 0.0973 e. The van der Waals surface area contributed by atoms with E-state index in [1.165, 1.54) is 5.56 Å². The second-order valence-corrected chi connectivity index (χ2v) is 4.33. The molecule has 19 heavy (non-hydrogen) atoms. The monoisotopic (exact) mass is 251 g/mol. The molecule has 0 fully saturated rings. The minimum absolute atomic E-state index is 0.0474. The predicted molar refractivity (Wildman–Crippen MR) is 83.9 cm³/mol. The van der Waals surface area contributed by atoms with E-state index in [9.17, 15) is 0 Å². The van der Waals surface area contributed by atoms with Gasteiger partial charge in [0.15, 0.2) is 0 Å². The van der Waals surface area contributed by atoms with Crippen molar-refractivity contribution in [3.05, 3.63) is 73.4 Å². The molecular formula is C18H21N. The number of allylic oxidation sites excluding steroid dienone is 1. The van der Waals surface area contributed by atoms with Crippen molar-refractivity contribution in [1.82, 2.24) is 4.90 Å². The van der Waals surface area contributed by atoms with Gasteiger partial charge < -0.3 is 0 Å². The summed E-state index contributed by atoms with van der Waals surface area (Å²) in [6.07, 6.45) is 12.2. The average Bonchev–Trinajstić information content (AvgIpc) is 2.42. The van der Waals surface area contributed by atoms with E-state index in [1.54, 1.807) is 0 Å². The summed E-state index contributed by atoms with van der Waals surface area (Å²) in [5.74, 6) is 2.85. The molecule has 0 heterocycles. The molecule has 0 bridgehead atoms. The first-order chi connectivity index (χ1) is 9.26. The summed E-state index contributed by atoms with van der Waals surface area (Å²) in [5, 5.41) is 0. The Kier molecular flexibility index (Phi) is 6.43. The zero-order valence-electron chi connectivity index (χ0n) is 11.4. The molecule has 0 amide bonds. The van der Waals surface area contributed by atoms with E-state index in [2.05, 4.69) is 54.8 Å². The average molecular weight is 251 g/mol. The molecule has 0 aromatic heterocycles. The van der Waals surface area contributed by atoms with Crippen LogP contribution in [0.25, 0.3) is 0 Å². The van der Waals surface area contributed by atoms with Gasteiger partial charge >= 0.3 is 0 Å². The summed E-state index contributed by atoms with van der Waals surface area (Å²) in [4.78, 5) is 2.16. The van der Waals surface area contributed by atoms with Gasteiger partial charge in [0, 0.05) is 13.1 Å². The van der Waals surface area contributed by atoms with Gasteiger partial charge in [-0.2, -0.15) is 0 Å². The van der Waals surface area contributed by atoms with E-state index in [0.717, 1.165) is 25.1 Å². The van der Waals surface area contributed by atoms with E-state index in [4.69, 9.17) is 6.42 Å². The van der Waals surface area contributed by atoms with Crippen molar-refractivity contribution in [2.45, 2.75) is 12.5 Å². The fraction of sp³-hybridized carbons (Fsp3) is 0.222. The zero-order valence-corrected chi connectivity index (χ0v) is 11.4. The summed E-state index contributed by atoms with van der Waals surface area (Å²) >= 11 is 0. The van der Waals surface area contributed by atoms with Gasteiger partial charge in [0.1, 0.15) is 0 Å². The molecule has 0 saturated carbocycles. The van der Waals surface area contributed by atoms with Crippen LogP contribution in [0.2, 0.25) is 0 Å². The minimum atomic E-state index is -0.0474. The van der Waals surface area contributed by atoms with Crippen LogP contribution in [0.4, 0.5) is 0 Å². The molecule has 1 atom stereocenters. The fourth-order valence-electron chi connectivity index (χ4n) is 2.03. The van der Waals surface area contributed by atoms with Crippen LogP contribution in [0.3, 0.4) is 0 Å². The molecule has 0 N–H and O–H groups in total. The van der Waals surface area contributed by atoms with Crippen molar-refractivity contribution in [3.63, 3.8) is 0 Å². The van der Waals surface area contributed by atoms with Crippen LogP contribution in [0.5, 0.6) is 0 Å². The largest absolute Gasteiger partial charge is 0.279 e. The third kappa shape index (κ3) is 4.28. The Labute approximate surface area is 117 Å². The lowest BCUT2D eigenvalue weighted by atomic mass is 10.0. The van der Waals surface area contributed by atoms with E-state index in [0.29, 0.717) is 0 Å². The fourth-order valence-corrected chi connectivity index (χ4v) is 2.03. The van der Waals surface area contributed by atoms with Crippen LogP contribution in [0.1, 0.15) is 17.2 Å². The van der Waals surface area contributed by atoms with E-state index in [1.807, 2.05) is 18.2 Å². The predicted octanol–water partition coefficient (Wildman–Crippen LogP) is 3.76. The molecule has 0 aliphatic carbocycles. The first-order valence-electron chi connectivity index (χ1n) is 6.38. The molecule has 1 heteroatoms. The number of hydrogen-bond acceptors (Lipinski definition) is 1. The number of hydrogen-bond donors (Lipinski definition) is 0. The van der Waals surface area contributed by atoms with Crippen molar-refractivity contribution in [3.8, 4) is 12.3 Å². The first-order valence-corrected chi connectivity index (χ1v) is 6.38. The first kappa shape index (κ1) is 15.0. The molecule has 1 aromatic rings. The van der Waals surface area contributed by atoms with Gasteiger partial charge in [0.05, 0.1) is 6.04 Å². The maximum absolute atomic E-state index is 5.69. The minimum Gasteiger partial charge on any atom is -0.279 e. The Morgan fingerprint density at radius 1 is 1.05 bits per heavy atom. The van der Waals surface area contributed by atoms with Crippen molar-refractivity contribution < 1.29 is 0 Å². The molecule has 0 aliphatic heterocycles. The van der Waals surface area contributed by atoms with Crippen LogP contribution >= 0.6 is 0 Å². The van der Waals surface area contributed by atoms with Gasteiger partial charge in [-0.05, 0) is 17.5 Å². The number of terminal acetylenes is 1. The van der Waals surface area contributed by atoms with Gasteiger partial charge in [-0.25, -0.2) is 0 Å². The Balaban J connectivity index is 2.94. The van der Waals surface area contributed by atoms with Gasteiger partial charge in [-0.1, -0.05) is 48.4 Å². The van der Waals surface area contributed by atoms with Crippen LogP contribution in [-0.2, 0) is 6.42 Å². The summed E-state index contributed by atoms with van der Waals surface area (Å²) < 4.78 is 0. The molecule has 98 valence electrons. The summed E-state index contributed by atoms with van der Waals surface area (Å²) in [6, 6.07) is 8.32. The molecular weight excluding hydrogens is 230 g/mol. The highest BCUT2D eigenvalue weighted by atomic mass is 15.1. The Morgan fingerprint density at radius 2 is 1.63 bits per heavy atom. The maximum atomic E-state index is 5.69. The Morgan fingerprint density at radius 3 is 2.05 bits per heavy atom. The number of nitrogens with zero attached hydrogens (tertiary/aromatic N) is 1. The lowest BCUT2D eigenvalue weighted by Crippen LogP contribution is -2.28. The molecule has 1 unspecified atom stereocenters. The maximum Gasteiger partial charge on any atom is 0.0973 e. The lowest BCUT2D eigenvalue weighted by molar-refractivity contribution is 0.293. The third-order valence-electron chi connectivity index (χ3n) is 2.93. The number of rotatable bonds is 8. The zero-order chi connectivity index (χ0) is 14.1. The van der Waals surface area contributed by atoms with Gasteiger partial charge in [-0.3, -0.25) is 4.90 Å². The highest BCUT2D eigenvalue weighted by Gasteiger charge is 2.15. The summed E-state index contributed by atoms with van der Waals surface area (Å²) in [7, 11) is 0. The normalized spacial score (nSPS) is 11.6. The van der Waals surface area contributed by atoms with E-state index < -0.39 is 0 Å². The summed E-state index contributed by atoms with van der Waals surface area (Å²) in [6.45, 7) is 12.8. The molecule has 1 nitrogen and oxygen atoms in total. The van der Waals surface area contributed by atoms with Gasteiger partial charge in [0.25, 0.3) is 0 Å². The van der Waals surface area contributed by atoms with Crippen molar-refractivity contribution >= 4 is 0 Å². The lowest BCUT2D eigenvalue weighted by Gasteiger charge is -2.26. The highest BCUT2D eigenvalue weighted by molar-refractivity contribution is 5.30. The van der Waals surface area contributed by atoms with Crippen LogP contribution in [0.15, 0.2) is 62.2 Å². The van der Waals surface area contributed by atoms with Crippen LogP contribution < -0.4 is 0 Å². The van der Waals surface area contributed by atoms with E-state index in [-0.39, 0.29) is 6.04 Å². The molecule has 0 aliphatic rings. The topological polar surface area (TPSA) is 3.24 Å². The molecule has 0 spiro atoms. The molecule has 0 saturated heterocycles. The molecule has 0 radical (unpaired) electrons. The Hall–Kier alpha value is -2.04. The van der Waals surface area contributed by atoms with Crippen LogP contribution in [-0.4, -0.2) is 18.0 Å². The van der Waals surface area contributed by atoms with Gasteiger partial charge in [0.2, 0.25) is 0 Å². The van der Waals surface area contributed by atoms with Crippen molar-refractivity contribution in [2.75, 3.05) is 13.1 Å². The van der Waals surface area contributed by atoms with Crippen LogP contribution in [0, 0.1) is 12.3 Å². The molecule has 1 rings (SSSR count). The molecule has 1 aromatic carbocycles. The van der Waals surface area contributed by atoms with Crippen molar-refractivity contribution in [2.24, 2.45) is 0 Å².